The first-order valence-electron chi connectivity index (χ1n) is 10.3. The van der Waals surface area contributed by atoms with Crippen molar-refractivity contribution in [1.82, 2.24) is 15.5 Å². The van der Waals surface area contributed by atoms with Gasteiger partial charge < -0.3 is 25.2 Å². The lowest BCUT2D eigenvalue weighted by atomic mass is 10.1. The van der Waals surface area contributed by atoms with Crippen LogP contribution in [0.15, 0.2) is 66.7 Å². The largest absolute Gasteiger partial charge is 0.492 e. The van der Waals surface area contributed by atoms with Crippen LogP contribution in [0, 0.1) is 5.82 Å². The summed E-state index contributed by atoms with van der Waals surface area (Å²) in [5.41, 5.74) is 3.23. The third-order valence-electron chi connectivity index (χ3n) is 4.98. The highest BCUT2D eigenvalue weighted by molar-refractivity contribution is 5.85. The molecule has 4 rings (SSSR count). The minimum Gasteiger partial charge on any atom is -0.492 e. The molecule has 0 amide bonds. The van der Waals surface area contributed by atoms with Gasteiger partial charge in [0.2, 0.25) is 5.88 Å². The van der Waals surface area contributed by atoms with Gasteiger partial charge in [0.25, 0.3) is 0 Å². The molecule has 3 aromatic carbocycles. The van der Waals surface area contributed by atoms with E-state index in [2.05, 4.69) is 20.8 Å². The Morgan fingerprint density at radius 1 is 1.06 bits per heavy atom. The van der Waals surface area contributed by atoms with Gasteiger partial charge in [-0.15, -0.1) is 5.10 Å². The van der Waals surface area contributed by atoms with Crippen LogP contribution >= 0.6 is 0 Å². The second-order valence-corrected chi connectivity index (χ2v) is 7.27. The van der Waals surface area contributed by atoms with Crippen LogP contribution in [-0.2, 0) is 0 Å². The van der Waals surface area contributed by atoms with Crippen LogP contribution in [0.3, 0.4) is 0 Å². The number of benzene rings is 3. The SMILES string of the molecule is COc1n[nH]c2cc(OCCNC[C@H](O)c3cccc(Nc4ccc(F)cc4)c3)ccc12. The average molecular weight is 436 g/mol. The van der Waals surface area contributed by atoms with Crippen molar-refractivity contribution >= 4 is 22.3 Å². The number of rotatable bonds is 10. The van der Waals surface area contributed by atoms with Gasteiger partial charge in [-0.25, -0.2) is 4.39 Å². The summed E-state index contributed by atoms with van der Waals surface area (Å²) < 4.78 is 24.0. The van der Waals surface area contributed by atoms with Gasteiger partial charge in [0.15, 0.2) is 0 Å². The second-order valence-electron chi connectivity index (χ2n) is 7.27. The fourth-order valence-corrected chi connectivity index (χ4v) is 3.34. The molecule has 0 aliphatic heterocycles. The summed E-state index contributed by atoms with van der Waals surface area (Å²) in [7, 11) is 1.58. The van der Waals surface area contributed by atoms with Gasteiger partial charge in [-0.3, -0.25) is 5.10 Å². The molecule has 0 saturated carbocycles. The zero-order valence-corrected chi connectivity index (χ0v) is 17.6. The number of aliphatic hydroxyl groups is 1. The molecule has 0 bridgehead atoms. The van der Waals surface area contributed by atoms with E-state index in [0.29, 0.717) is 25.6 Å². The molecule has 0 aliphatic carbocycles. The second kappa shape index (κ2) is 10.1. The summed E-state index contributed by atoms with van der Waals surface area (Å²) in [5.74, 6) is 1.00. The van der Waals surface area contributed by atoms with Gasteiger partial charge >= 0.3 is 0 Å². The van der Waals surface area contributed by atoms with Crippen molar-refractivity contribution < 1.29 is 19.0 Å². The summed E-state index contributed by atoms with van der Waals surface area (Å²) in [6.45, 7) is 1.42. The molecule has 0 spiro atoms. The number of aromatic amines is 1. The zero-order valence-electron chi connectivity index (χ0n) is 17.6. The highest BCUT2D eigenvalue weighted by Gasteiger charge is 2.09. The zero-order chi connectivity index (χ0) is 22.3. The van der Waals surface area contributed by atoms with Crippen molar-refractivity contribution in [3.8, 4) is 11.6 Å². The van der Waals surface area contributed by atoms with Crippen LogP contribution in [0.4, 0.5) is 15.8 Å². The quantitative estimate of drug-likeness (QED) is 0.279. The van der Waals surface area contributed by atoms with Crippen LogP contribution in [0.25, 0.3) is 10.9 Å². The monoisotopic (exact) mass is 436 g/mol. The van der Waals surface area contributed by atoms with Crippen molar-refractivity contribution in [1.29, 1.82) is 0 Å². The molecule has 4 aromatic rings. The van der Waals surface area contributed by atoms with Crippen molar-refractivity contribution in [2.75, 3.05) is 32.1 Å². The number of halogens is 1. The molecule has 0 saturated heterocycles. The fourth-order valence-electron chi connectivity index (χ4n) is 3.34. The van der Waals surface area contributed by atoms with Crippen LogP contribution in [0.5, 0.6) is 11.6 Å². The Morgan fingerprint density at radius 2 is 1.91 bits per heavy atom. The topological polar surface area (TPSA) is 91.4 Å². The number of anilines is 2. The maximum atomic E-state index is 13.1. The predicted octanol–water partition coefficient (Wildman–Crippen LogP) is 4.16. The number of hydrogen-bond donors (Lipinski definition) is 4. The molecule has 7 nitrogen and oxygen atoms in total. The molecule has 1 atom stereocenters. The number of nitrogens with zero attached hydrogens (tertiary/aromatic N) is 1. The van der Waals surface area contributed by atoms with Gasteiger partial charge in [0, 0.05) is 30.5 Å². The fraction of sp³-hybridized carbons (Fsp3) is 0.208. The minimum atomic E-state index is -0.668. The number of ether oxygens (including phenoxy) is 2. The number of aliphatic hydroxyl groups excluding tert-OH is 1. The Bertz CT molecular complexity index is 1160. The number of nitrogens with one attached hydrogen (secondary N) is 3. The van der Waals surface area contributed by atoms with Crippen molar-refractivity contribution in [2.45, 2.75) is 6.10 Å². The molecule has 1 heterocycles. The molecule has 8 heteroatoms. The molecule has 166 valence electrons. The molecular weight excluding hydrogens is 411 g/mol. The molecule has 32 heavy (non-hydrogen) atoms. The number of fused-ring (bicyclic) bond motifs is 1. The molecule has 4 N–H and O–H groups in total. The molecule has 0 unspecified atom stereocenters. The molecule has 1 aromatic heterocycles. The summed E-state index contributed by atoms with van der Waals surface area (Å²) in [6, 6.07) is 19.3. The third-order valence-corrected chi connectivity index (χ3v) is 4.98. The van der Waals surface area contributed by atoms with E-state index in [-0.39, 0.29) is 5.82 Å². The lowest BCUT2D eigenvalue weighted by Crippen LogP contribution is -2.26. The van der Waals surface area contributed by atoms with Gasteiger partial charge in [0.05, 0.1) is 24.1 Å². The van der Waals surface area contributed by atoms with E-state index in [1.165, 1.54) is 12.1 Å². The minimum absolute atomic E-state index is 0.281. The van der Waals surface area contributed by atoms with E-state index in [4.69, 9.17) is 9.47 Å². The molecule has 0 radical (unpaired) electrons. The van der Waals surface area contributed by atoms with Gasteiger partial charge in [0.1, 0.15) is 18.2 Å². The molecule has 0 aliphatic rings. The highest BCUT2D eigenvalue weighted by atomic mass is 19.1. The first kappa shape index (κ1) is 21.6. The van der Waals surface area contributed by atoms with Crippen LogP contribution in [0.2, 0.25) is 0 Å². The van der Waals surface area contributed by atoms with E-state index in [1.54, 1.807) is 19.2 Å². The van der Waals surface area contributed by atoms with E-state index < -0.39 is 6.10 Å². The maximum absolute atomic E-state index is 13.1. The van der Waals surface area contributed by atoms with E-state index in [0.717, 1.165) is 33.6 Å². The summed E-state index contributed by atoms with van der Waals surface area (Å²) in [4.78, 5) is 0. The number of aromatic nitrogens is 2. The Kier molecular flexibility index (Phi) is 6.84. The molecular formula is C24H25FN4O3. The Labute approximate surface area is 185 Å². The normalized spacial score (nSPS) is 12.0. The first-order valence-corrected chi connectivity index (χ1v) is 10.3. The van der Waals surface area contributed by atoms with Crippen molar-refractivity contribution in [3.63, 3.8) is 0 Å². The Morgan fingerprint density at radius 3 is 2.72 bits per heavy atom. The van der Waals surface area contributed by atoms with E-state index in [9.17, 15) is 9.50 Å². The van der Waals surface area contributed by atoms with Crippen molar-refractivity contribution in [2.24, 2.45) is 0 Å². The van der Waals surface area contributed by atoms with Gasteiger partial charge in [-0.2, -0.15) is 0 Å². The van der Waals surface area contributed by atoms with Crippen LogP contribution in [-0.4, -0.2) is 42.1 Å². The first-order chi connectivity index (χ1) is 15.6. The summed E-state index contributed by atoms with van der Waals surface area (Å²) in [6.07, 6.45) is -0.668. The standard InChI is InChI=1S/C24H25FN4O3/c1-31-24-21-10-9-20(14-22(21)28-29-24)32-12-11-26-15-23(30)16-3-2-4-19(13-16)27-18-7-5-17(25)6-8-18/h2-10,13-14,23,26-27,30H,11-12,15H2,1H3,(H,28,29)/t23-/m0/s1. The number of hydrogen-bond acceptors (Lipinski definition) is 6. The third kappa shape index (κ3) is 5.35. The summed E-state index contributed by atoms with van der Waals surface area (Å²) >= 11 is 0. The highest BCUT2D eigenvalue weighted by Crippen LogP contribution is 2.26. The number of H-pyrrole nitrogens is 1. The Hall–Kier alpha value is -3.62. The predicted molar refractivity (Wildman–Crippen MR) is 122 cm³/mol. The average Bonchev–Trinajstić information content (AvgIpc) is 3.23. The maximum Gasteiger partial charge on any atom is 0.240 e. The van der Waals surface area contributed by atoms with Crippen LogP contribution < -0.4 is 20.1 Å². The summed E-state index contributed by atoms with van der Waals surface area (Å²) in [5, 5.41) is 24.8. The van der Waals surface area contributed by atoms with Crippen molar-refractivity contribution in [3.05, 3.63) is 78.1 Å². The van der Waals surface area contributed by atoms with E-state index in [1.807, 2.05) is 42.5 Å². The van der Waals surface area contributed by atoms with Crippen LogP contribution in [0.1, 0.15) is 11.7 Å². The van der Waals surface area contributed by atoms with Gasteiger partial charge in [-0.05, 0) is 54.1 Å². The smallest absolute Gasteiger partial charge is 0.240 e. The lowest BCUT2D eigenvalue weighted by Gasteiger charge is -2.14. The molecule has 0 fully saturated rings. The number of methoxy groups -OCH3 is 1. The Balaban J connectivity index is 1.23. The van der Waals surface area contributed by atoms with Gasteiger partial charge in [-0.1, -0.05) is 12.1 Å². The van der Waals surface area contributed by atoms with E-state index >= 15 is 0 Å². The lowest BCUT2D eigenvalue weighted by molar-refractivity contribution is 0.172.